The molecule has 0 saturated heterocycles. The third kappa shape index (κ3) is 3.09. The maximum atomic E-state index is 12.9. The first-order valence-corrected chi connectivity index (χ1v) is 10.0. The van der Waals surface area contributed by atoms with Gasteiger partial charge in [0.15, 0.2) is 5.78 Å². The highest BCUT2D eigenvalue weighted by atomic mass is 32.2. The summed E-state index contributed by atoms with van der Waals surface area (Å²) in [5.41, 5.74) is 6.11. The van der Waals surface area contributed by atoms with Crippen molar-refractivity contribution in [2.45, 2.75) is 9.79 Å². The van der Waals surface area contributed by atoms with Crippen molar-refractivity contribution in [3.63, 3.8) is 0 Å². The zero-order valence-corrected chi connectivity index (χ0v) is 15.7. The van der Waals surface area contributed by atoms with Gasteiger partial charge >= 0.3 is 0 Å². The normalized spacial score (nSPS) is 13.9. The minimum atomic E-state index is -3.93. The van der Waals surface area contributed by atoms with E-state index in [2.05, 4.69) is 5.32 Å². The Morgan fingerprint density at radius 3 is 2.10 bits per heavy atom. The van der Waals surface area contributed by atoms with E-state index in [9.17, 15) is 22.8 Å². The van der Waals surface area contributed by atoms with E-state index in [0.717, 1.165) is 0 Å². The van der Waals surface area contributed by atoms with E-state index in [1.165, 1.54) is 54.6 Å². The second kappa shape index (κ2) is 6.68. The third-order valence-electron chi connectivity index (χ3n) is 4.63. The van der Waals surface area contributed by atoms with Gasteiger partial charge in [-0.2, -0.15) is 0 Å². The maximum Gasteiger partial charge on any atom is 0.255 e. The van der Waals surface area contributed by atoms with Crippen LogP contribution in [0.5, 0.6) is 0 Å². The Labute approximate surface area is 166 Å². The van der Waals surface area contributed by atoms with Gasteiger partial charge in [0, 0.05) is 27.9 Å². The number of amides is 2. The molecule has 144 valence electrons. The van der Waals surface area contributed by atoms with E-state index in [0.29, 0.717) is 11.3 Å². The van der Waals surface area contributed by atoms with Crippen molar-refractivity contribution in [1.29, 1.82) is 0 Å². The lowest BCUT2D eigenvalue weighted by Gasteiger charge is -2.19. The summed E-state index contributed by atoms with van der Waals surface area (Å²) in [5, 5.41) is 2.62. The summed E-state index contributed by atoms with van der Waals surface area (Å²) in [7, 11) is -3.93. The van der Waals surface area contributed by atoms with Crippen LogP contribution in [0.25, 0.3) is 0 Å². The fraction of sp³-hybridized carbons (Fsp3) is 0. The number of hydrogen-bond acceptors (Lipinski definition) is 5. The molecule has 3 aromatic rings. The zero-order chi connectivity index (χ0) is 20.8. The number of carbonyl (C=O) groups excluding carboxylic acids is 3. The molecule has 1 aliphatic heterocycles. The molecular weight excluding hydrogens is 392 g/mol. The van der Waals surface area contributed by atoms with Crippen molar-refractivity contribution >= 4 is 33.1 Å². The van der Waals surface area contributed by atoms with Crippen molar-refractivity contribution < 1.29 is 22.8 Å². The number of nitrogens with two attached hydrogens (primary N) is 1. The molecule has 0 bridgehead atoms. The van der Waals surface area contributed by atoms with Gasteiger partial charge in [-0.3, -0.25) is 14.4 Å². The van der Waals surface area contributed by atoms with Crippen molar-refractivity contribution in [3.8, 4) is 0 Å². The first kappa shape index (κ1) is 18.6. The van der Waals surface area contributed by atoms with Gasteiger partial charge in [-0.25, -0.2) is 8.42 Å². The van der Waals surface area contributed by atoms with E-state index in [1.54, 1.807) is 12.1 Å². The van der Waals surface area contributed by atoms with Crippen LogP contribution in [-0.2, 0) is 9.84 Å². The molecule has 3 aromatic carbocycles. The van der Waals surface area contributed by atoms with Crippen LogP contribution in [0.1, 0.15) is 36.6 Å². The number of fused-ring (bicyclic) bond motifs is 2. The van der Waals surface area contributed by atoms with Crippen LogP contribution in [0, 0.1) is 0 Å². The zero-order valence-electron chi connectivity index (χ0n) is 14.9. The molecule has 1 aliphatic rings. The minimum Gasteiger partial charge on any atom is -0.366 e. The van der Waals surface area contributed by atoms with Gasteiger partial charge in [0.2, 0.25) is 15.7 Å². The van der Waals surface area contributed by atoms with E-state index < -0.39 is 27.4 Å². The van der Waals surface area contributed by atoms with E-state index in [1.807, 2.05) is 0 Å². The Bertz CT molecular complexity index is 1290. The SMILES string of the molecule is NC(=O)c1ccc(NC(=O)c2ccc3c(c2)S(=O)(=O)c2ccccc2C3=O)cc1. The van der Waals surface area contributed by atoms with E-state index in [-0.39, 0.29) is 26.5 Å². The average molecular weight is 406 g/mol. The number of primary amides is 1. The lowest BCUT2D eigenvalue weighted by atomic mass is 10.0. The molecule has 0 saturated carbocycles. The summed E-state index contributed by atoms with van der Waals surface area (Å²) in [4.78, 5) is 36.1. The highest BCUT2D eigenvalue weighted by Gasteiger charge is 2.35. The van der Waals surface area contributed by atoms with Gasteiger partial charge in [0.1, 0.15) is 0 Å². The number of ketones is 1. The standard InChI is InChI=1S/C21H14N2O5S/c22-20(25)12-5-8-14(9-6-12)23-21(26)13-7-10-16-18(11-13)29(27,28)17-4-2-1-3-15(17)19(16)24/h1-11H,(H2,22,25)(H,23,26). The van der Waals surface area contributed by atoms with Gasteiger partial charge in [-0.15, -0.1) is 0 Å². The second-order valence-electron chi connectivity index (χ2n) is 6.44. The van der Waals surface area contributed by atoms with Crippen LogP contribution < -0.4 is 11.1 Å². The molecule has 3 N–H and O–H groups in total. The summed E-state index contributed by atoms with van der Waals surface area (Å²) in [6.45, 7) is 0. The molecule has 8 heteroatoms. The van der Waals surface area contributed by atoms with Crippen molar-refractivity contribution in [1.82, 2.24) is 0 Å². The topological polar surface area (TPSA) is 123 Å². The van der Waals surface area contributed by atoms with Crippen LogP contribution in [0.4, 0.5) is 5.69 Å². The van der Waals surface area contributed by atoms with Gasteiger partial charge in [0.05, 0.1) is 9.79 Å². The molecular formula is C21H14N2O5S. The van der Waals surface area contributed by atoms with E-state index >= 15 is 0 Å². The molecule has 0 atom stereocenters. The Balaban J connectivity index is 1.69. The van der Waals surface area contributed by atoms with Gasteiger partial charge in [-0.1, -0.05) is 12.1 Å². The Kier molecular flexibility index (Phi) is 4.28. The van der Waals surface area contributed by atoms with Crippen molar-refractivity contribution in [2.24, 2.45) is 5.73 Å². The summed E-state index contributed by atoms with van der Waals surface area (Å²) >= 11 is 0. The molecule has 29 heavy (non-hydrogen) atoms. The van der Waals surface area contributed by atoms with Crippen molar-refractivity contribution in [3.05, 3.63) is 89.0 Å². The number of carbonyl (C=O) groups is 3. The van der Waals surface area contributed by atoms with Crippen LogP contribution >= 0.6 is 0 Å². The monoisotopic (exact) mass is 406 g/mol. The fourth-order valence-electron chi connectivity index (χ4n) is 3.15. The van der Waals surface area contributed by atoms with Crippen LogP contribution in [0.3, 0.4) is 0 Å². The van der Waals surface area contributed by atoms with Crippen LogP contribution in [-0.4, -0.2) is 26.0 Å². The smallest absolute Gasteiger partial charge is 0.255 e. The summed E-state index contributed by atoms with van der Waals surface area (Å²) in [5.74, 6) is -1.55. The largest absolute Gasteiger partial charge is 0.366 e. The highest BCUT2D eigenvalue weighted by molar-refractivity contribution is 7.91. The molecule has 0 unspecified atom stereocenters. The van der Waals surface area contributed by atoms with Gasteiger partial charge in [-0.05, 0) is 54.6 Å². The molecule has 0 aliphatic carbocycles. The van der Waals surface area contributed by atoms with Crippen LogP contribution in [0.2, 0.25) is 0 Å². The Morgan fingerprint density at radius 1 is 0.793 bits per heavy atom. The molecule has 0 aromatic heterocycles. The number of rotatable bonds is 3. The lowest BCUT2D eigenvalue weighted by molar-refractivity contribution is 0.0997. The third-order valence-corrected chi connectivity index (χ3v) is 6.48. The number of nitrogens with one attached hydrogen (secondary N) is 1. The van der Waals surface area contributed by atoms with Crippen molar-refractivity contribution in [2.75, 3.05) is 5.32 Å². The predicted molar refractivity (Wildman–Crippen MR) is 105 cm³/mol. The molecule has 7 nitrogen and oxygen atoms in total. The lowest BCUT2D eigenvalue weighted by Crippen LogP contribution is -2.21. The number of hydrogen-bond donors (Lipinski definition) is 2. The molecule has 2 amide bonds. The molecule has 4 rings (SSSR count). The predicted octanol–water partition coefficient (Wildman–Crippen LogP) is 2.42. The number of sulfone groups is 1. The number of anilines is 1. The summed E-state index contributed by atoms with van der Waals surface area (Å²) in [6, 6.07) is 15.9. The number of benzene rings is 3. The first-order valence-electron chi connectivity index (χ1n) is 8.53. The molecule has 0 radical (unpaired) electrons. The Morgan fingerprint density at radius 2 is 1.41 bits per heavy atom. The molecule has 1 heterocycles. The minimum absolute atomic E-state index is 0.0334. The highest BCUT2D eigenvalue weighted by Crippen LogP contribution is 2.34. The quantitative estimate of drug-likeness (QED) is 0.541. The summed E-state index contributed by atoms with van der Waals surface area (Å²) < 4.78 is 25.9. The van der Waals surface area contributed by atoms with Crippen LogP contribution in [0.15, 0.2) is 76.5 Å². The Hall–Kier alpha value is -3.78. The van der Waals surface area contributed by atoms with Gasteiger partial charge < -0.3 is 11.1 Å². The fourth-order valence-corrected chi connectivity index (χ4v) is 4.82. The first-order chi connectivity index (χ1) is 13.8. The van der Waals surface area contributed by atoms with E-state index in [4.69, 9.17) is 5.73 Å². The molecule has 0 spiro atoms. The second-order valence-corrected chi connectivity index (χ2v) is 8.32. The average Bonchev–Trinajstić information content (AvgIpc) is 2.72. The van der Waals surface area contributed by atoms with Gasteiger partial charge in [0.25, 0.3) is 5.91 Å². The maximum absolute atomic E-state index is 12.9. The molecule has 0 fully saturated rings. The summed E-state index contributed by atoms with van der Waals surface area (Å²) in [6.07, 6.45) is 0.